The number of nitrogens with one attached hydrogen (secondary N) is 1. The van der Waals surface area contributed by atoms with E-state index in [0.29, 0.717) is 22.0 Å². The molecule has 0 bridgehead atoms. The van der Waals surface area contributed by atoms with Crippen molar-refractivity contribution in [1.29, 1.82) is 0 Å². The number of ether oxygens (including phenoxy) is 1. The molecule has 2 amide bonds. The van der Waals surface area contributed by atoms with Crippen molar-refractivity contribution in [3.63, 3.8) is 0 Å². The van der Waals surface area contributed by atoms with E-state index in [1.807, 2.05) is 0 Å². The van der Waals surface area contributed by atoms with Crippen LogP contribution in [0.2, 0.25) is 5.02 Å². The van der Waals surface area contributed by atoms with Crippen LogP contribution in [0.1, 0.15) is 16.8 Å². The van der Waals surface area contributed by atoms with E-state index < -0.39 is 11.9 Å². The molecule has 1 saturated heterocycles. The van der Waals surface area contributed by atoms with Crippen molar-refractivity contribution >= 4 is 40.8 Å². The highest BCUT2D eigenvalue weighted by Crippen LogP contribution is 2.27. The number of esters is 1. The first-order valence-corrected chi connectivity index (χ1v) is 8.41. The van der Waals surface area contributed by atoms with Gasteiger partial charge in [-0.05, 0) is 36.4 Å². The Bertz CT molecular complexity index is 851. The van der Waals surface area contributed by atoms with Gasteiger partial charge in [0.15, 0.2) is 0 Å². The summed E-state index contributed by atoms with van der Waals surface area (Å²) in [6.07, 6.45) is 0.120. The molecule has 1 fully saturated rings. The fraction of sp³-hybridized carbons (Fsp3) is 0.211. The maximum Gasteiger partial charge on any atom is 0.337 e. The van der Waals surface area contributed by atoms with Gasteiger partial charge in [-0.3, -0.25) is 9.59 Å². The predicted octanol–water partition coefficient (Wildman–Crippen LogP) is 3.12. The molecule has 0 aliphatic carbocycles. The van der Waals surface area contributed by atoms with Crippen LogP contribution in [0, 0.1) is 5.92 Å². The third kappa shape index (κ3) is 3.70. The number of nitrogens with zero attached hydrogens (tertiary/aromatic N) is 1. The third-order valence-corrected chi connectivity index (χ3v) is 4.56. The molecule has 0 spiro atoms. The fourth-order valence-corrected chi connectivity index (χ4v) is 3.01. The zero-order chi connectivity index (χ0) is 18.7. The van der Waals surface area contributed by atoms with E-state index in [9.17, 15) is 14.4 Å². The van der Waals surface area contributed by atoms with E-state index in [0.717, 1.165) is 0 Å². The Morgan fingerprint density at radius 2 is 1.85 bits per heavy atom. The van der Waals surface area contributed by atoms with E-state index in [1.165, 1.54) is 12.0 Å². The second-order valence-corrected chi connectivity index (χ2v) is 6.32. The topological polar surface area (TPSA) is 75.7 Å². The van der Waals surface area contributed by atoms with Gasteiger partial charge in [0.1, 0.15) is 0 Å². The Kier molecular flexibility index (Phi) is 5.23. The van der Waals surface area contributed by atoms with E-state index in [4.69, 9.17) is 11.6 Å². The van der Waals surface area contributed by atoms with Gasteiger partial charge in [-0.25, -0.2) is 4.79 Å². The Morgan fingerprint density at radius 1 is 1.15 bits per heavy atom. The number of carbonyl (C=O) groups is 3. The number of para-hydroxylation sites is 1. The zero-order valence-corrected chi connectivity index (χ0v) is 14.8. The fourth-order valence-electron chi connectivity index (χ4n) is 2.83. The van der Waals surface area contributed by atoms with Gasteiger partial charge in [0, 0.05) is 18.7 Å². The molecule has 1 N–H and O–H groups in total. The summed E-state index contributed by atoms with van der Waals surface area (Å²) >= 11 is 6.05. The Balaban J connectivity index is 1.69. The number of rotatable bonds is 4. The number of benzene rings is 2. The van der Waals surface area contributed by atoms with E-state index >= 15 is 0 Å². The van der Waals surface area contributed by atoms with Crippen molar-refractivity contribution in [1.82, 2.24) is 0 Å². The summed E-state index contributed by atoms with van der Waals surface area (Å²) in [6, 6.07) is 13.5. The van der Waals surface area contributed by atoms with Crippen LogP contribution in [0.15, 0.2) is 48.5 Å². The molecule has 7 heteroatoms. The number of methoxy groups -OCH3 is 1. The maximum absolute atomic E-state index is 12.5. The lowest BCUT2D eigenvalue weighted by atomic mass is 10.1. The van der Waals surface area contributed by atoms with Crippen LogP contribution in [0.4, 0.5) is 11.4 Å². The van der Waals surface area contributed by atoms with Gasteiger partial charge in [0.05, 0.1) is 29.3 Å². The summed E-state index contributed by atoms with van der Waals surface area (Å²) in [4.78, 5) is 37.8. The molecule has 2 aromatic rings. The number of anilines is 2. The highest BCUT2D eigenvalue weighted by Gasteiger charge is 2.35. The number of hydrogen-bond donors (Lipinski definition) is 1. The molecule has 3 rings (SSSR count). The standard InChI is InChI=1S/C19H17ClN2O4/c1-26-19(25)12-6-8-14(9-7-12)22-11-13(10-17(22)23)18(24)21-16-5-3-2-4-15(16)20/h2-9,13H,10-11H2,1H3,(H,21,24). The van der Waals surface area contributed by atoms with Gasteiger partial charge < -0.3 is 15.0 Å². The maximum atomic E-state index is 12.5. The van der Waals surface area contributed by atoms with Crippen molar-refractivity contribution in [3.05, 3.63) is 59.1 Å². The van der Waals surface area contributed by atoms with Crippen LogP contribution in [-0.2, 0) is 14.3 Å². The normalized spacial score (nSPS) is 16.5. The van der Waals surface area contributed by atoms with E-state index in [2.05, 4.69) is 10.1 Å². The van der Waals surface area contributed by atoms with Gasteiger partial charge in [-0.1, -0.05) is 23.7 Å². The second-order valence-electron chi connectivity index (χ2n) is 5.91. The molecule has 1 aliphatic heterocycles. The molecule has 6 nitrogen and oxygen atoms in total. The number of hydrogen-bond acceptors (Lipinski definition) is 4. The quantitative estimate of drug-likeness (QED) is 0.837. The minimum Gasteiger partial charge on any atom is -0.465 e. The molecule has 1 aliphatic rings. The number of halogens is 1. The van der Waals surface area contributed by atoms with Gasteiger partial charge in [0.25, 0.3) is 0 Å². The van der Waals surface area contributed by atoms with Crippen LogP contribution in [-0.4, -0.2) is 31.4 Å². The number of carbonyl (C=O) groups excluding carboxylic acids is 3. The van der Waals surface area contributed by atoms with Crippen molar-refractivity contribution < 1.29 is 19.1 Å². The van der Waals surface area contributed by atoms with Crippen LogP contribution in [0.3, 0.4) is 0 Å². The molecule has 0 aromatic heterocycles. The summed E-state index contributed by atoms with van der Waals surface area (Å²) in [5.41, 5.74) is 1.55. The van der Waals surface area contributed by atoms with Gasteiger partial charge in [0.2, 0.25) is 11.8 Å². The zero-order valence-electron chi connectivity index (χ0n) is 14.1. The molecule has 0 radical (unpaired) electrons. The van der Waals surface area contributed by atoms with Crippen molar-refractivity contribution in [2.24, 2.45) is 5.92 Å². The average Bonchev–Trinajstić information content (AvgIpc) is 3.05. The third-order valence-electron chi connectivity index (χ3n) is 4.23. The molecule has 1 unspecified atom stereocenters. The number of amides is 2. The van der Waals surface area contributed by atoms with Crippen molar-refractivity contribution in [2.45, 2.75) is 6.42 Å². The smallest absolute Gasteiger partial charge is 0.337 e. The molecule has 1 heterocycles. The lowest BCUT2D eigenvalue weighted by molar-refractivity contribution is -0.122. The molecule has 26 heavy (non-hydrogen) atoms. The molecule has 1 atom stereocenters. The van der Waals surface area contributed by atoms with Crippen molar-refractivity contribution in [2.75, 3.05) is 23.9 Å². The summed E-state index contributed by atoms with van der Waals surface area (Å²) in [5.74, 6) is -1.31. The minimum absolute atomic E-state index is 0.120. The molecule has 2 aromatic carbocycles. The van der Waals surface area contributed by atoms with Gasteiger partial charge in [-0.2, -0.15) is 0 Å². The lowest BCUT2D eigenvalue weighted by Gasteiger charge is -2.17. The first-order valence-electron chi connectivity index (χ1n) is 8.03. The first-order chi connectivity index (χ1) is 12.5. The Labute approximate surface area is 155 Å². The summed E-state index contributed by atoms with van der Waals surface area (Å²) in [6.45, 7) is 0.271. The minimum atomic E-state index is -0.473. The molecular formula is C19H17ClN2O4. The summed E-state index contributed by atoms with van der Waals surface area (Å²) in [5, 5.41) is 3.21. The highest BCUT2D eigenvalue weighted by molar-refractivity contribution is 6.33. The highest BCUT2D eigenvalue weighted by atomic mass is 35.5. The predicted molar refractivity (Wildman–Crippen MR) is 98.3 cm³/mol. The second kappa shape index (κ2) is 7.58. The van der Waals surface area contributed by atoms with E-state index in [-0.39, 0.29) is 24.8 Å². The van der Waals surface area contributed by atoms with Gasteiger partial charge >= 0.3 is 5.97 Å². The van der Waals surface area contributed by atoms with Crippen LogP contribution < -0.4 is 10.2 Å². The molecule has 134 valence electrons. The SMILES string of the molecule is COC(=O)c1ccc(N2CC(C(=O)Nc3ccccc3Cl)CC2=O)cc1. The Morgan fingerprint density at radius 3 is 2.50 bits per heavy atom. The Hall–Kier alpha value is -2.86. The summed E-state index contributed by atoms with van der Waals surface area (Å²) in [7, 11) is 1.31. The van der Waals surface area contributed by atoms with Gasteiger partial charge in [-0.15, -0.1) is 0 Å². The lowest BCUT2D eigenvalue weighted by Crippen LogP contribution is -2.28. The van der Waals surface area contributed by atoms with Crippen LogP contribution in [0.25, 0.3) is 0 Å². The first kappa shape index (κ1) is 17.9. The van der Waals surface area contributed by atoms with Crippen LogP contribution >= 0.6 is 11.6 Å². The van der Waals surface area contributed by atoms with Crippen LogP contribution in [0.5, 0.6) is 0 Å². The monoisotopic (exact) mass is 372 g/mol. The van der Waals surface area contributed by atoms with E-state index in [1.54, 1.807) is 48.5 Å². The molecular weight excluding hydrogens is 356 g/mol. The van der Waals surface area contributed by atoms with Crippen molar-refractivity contribution in [3.8, 4) is 0 Å². The largest absolute Gasteiger partial charge is 0.465 e. The average molecular weight is 373 g/mol. The summed E-state index contributed by atoms with van der Waals surface area (Å²) < 4.78 is 4.65. The molecule has 0 saturated carbocycles.